The summed E-state index contributed by atoms with van der Waals surface area (Å²) in [5, 5.41) is 11.1. The van der Waals surface area contributed by atoms with E-state index in [2.05, 4.69) is 31.1 Å². The van der Waals surface area contributed by atoms with Crippen molar-refractivity contribution in [3.05, 3.63) is 59.0 Å². The molecular formula is C29H27F8N7O4. The third kappa shape index (κ3) is 7.93. The van der Waals surface area contributed by atoms with E-state index in [-0.39, 0.29) is 66.2 Å². The first-order chi connectivity index (χ1) is 22.6. The first-order valence-corrected chi connectivity index (χ1v) is 14.4. The minimum absolute atomic E-state index is 0.0284. The second-order valence-corrected chi connectivity index (χ2v) is 11.0. The van der Waals surface area contributed by atoms with E-state index in [4.69, 9.17) is 9.26 Å². The number of aromatic nitrogens is 4. The van der Waals surface area contributed by atoms with E-state index in [9.17, 15) is 44.7 Å². The van der Waals surface area contributed by atoms with Gasteiger partial charge in [0.1, 0.15) is 11.1 Å². The minimum atomic E-state index is -4.81. The van der Waals surface area contributed by atoms with Gasteiger partial charge in [0.25, 0.3) is 18.2 Å². The van der Waals surface area contributed by atoms with Crippen LogP contribution in [0.2, 0.25) is 0 Å². The highest BCUT2D eigenvalue weighted by atomic mass is 19.4. The highest BCUT2D eigenvalue weighted by molar-refractivity contribution is 5.99. The van der Waals surface area contributed by atoms with Gasteiger partial charge in [-0.1, -0.05) is 11.2 Å². The molecule has 1 saturated carbocycles. The zero-order valence-electron chi connectivity index (χ0n) is 24.9. The summed E-state index contributed by atoms with van der Waals surface area (Å²) in [4.78, 5) is 33.8. The molecule has 2 amide bonds. The summed E-state index contributed by atoms with van der Waals surface area (Å²) in [6.45, 7) is -1.33. The van der Waals surface area contributed by atoms with Crippen LogP contribution in [0.1, 0.15) is 57.7 Å². The van der Waals surface area contributed by atoms with E-state index < -0.39 is 66.3 Å². The molecule has 1 aliphatic carbocycles. The van der Waals surface area contributed by atoms with Crippen molar-refractivity contribution in [2.45, 2.75) is 57.0 Å². The average Bonchev–Trinajstić information content (AvgIpc) is 3.66. The van der Waals surface area contributed by atoms with Crippen LogP contribution in [0.15, 0.2) is 41.1 Å². The van der Waals surface area contributed by atoms with Gasteiger partial charge in [0, 0.05) is 25.7 Å². The molecule has 19 heteroatoms. The number of carbonyl (C=O) groups is 2. The third-order valence-corrected chi connectivity index (χ3v) is 7.68. The van der Waals surface area contributed by atoms with E-state index in [1.807, 2.05) is 0 Å². The standard InChI is InChI=1S/C29H27F8N7O4/c1-44-23-20(11-17(26(43-23)47-13-22(30)31)24(45)40-16-5-3-15(4-6-16)28(32,33)34)42-27(44)41-19-10-14(2-7-18(19)29(35,36)37)12-38-25(46)21-8-9-39-48-21/h2,7-11,15-16,22H,3-6,12-13H2,1H3,(H,38,46)(H,40,45)(H,41,42). The number of aryl methyl sites for hydroxylation is 1. The highest BCUT2D eigenvalue weighted by Gasteiger charge is 2.41. The van der Waals surface area contributed by atoms with Crippen molar-refractivity contribution in [1.29, 1.82) is 0 Å². The lowest BCUT2D eigenvalue weighted by Gasteiger charge is -2.30. The fourth-order valence-electron chi connectivity index (χ4n) is 5.22. The minimum Gasteiger partial charge on any atom is -0.471 e. The number of rotatable bonds is 10. The van der Waals surface area contributed by atoms with E-state index >= 15 is 0 Å². The van der Waals surface area contributed by atoms with E-state index in [0.29, 0.717) is 0 Å². The van der Waals surface area contributed by atoms with Crippen molar-refractivity contribution in [2.24, 2.45) is 13.0 Å². The van der Waals surface area contributed by atoms with Crippen molar-refractivity contribution in [2.75, 3.05) is 11.9 Å². The van der Waals surface area contributed by atoms with Crippen LogP contribution in [-0.4, -0.2) is 56.8 Å². The van der Waals surface area contributed by atoms with Crippen LogP contribution in [0.4, 0.5) is 46.8 Å². The number of alkyl halides is 8. The van der Waals surface area contributed by atoms with Crippen molar-refractivity contribution in [1.82, 2.24) is 30.3 Å². The fraction of sp³-hybridized carbons (Fsp3) is 0.414. The largest absolute Gasteiger partial charge is 0.471 e. The molecule has 0 bridgehead atoms. The van der Waals surface area contributed by atoms with Gasteiger partial charge in [-0.15, -0.1) is 0 Å². The van der Waals surface area contributed by atoms with Gasteiger partial charge < -0.3 is 25.2 Å². The Bertz CT molecular complexity index is 1770. The first-order valence-electron chi connectivity index (χ1n) is 14.4. The van der Waals surface area contributed by atoms with Crippen LogP contribution < -0.4 is 20.7 Å². The lowest BCUT2D eigenvalue weighted by molar-refractivity contribution is -0.182. The van der Waals surface area contributed by atoms with Crippen LogP contribution in [0.5, 0.6) is 5.88 Å². The average molecular weight is 690 g/mol. The molecule has 1 aromatic carbocycles. The van der Waals surface area contributed by atoms with Gasteiger partial charge in [-0.2, -0.15) is 31.3 Å². The maximum atomic E-state index is 14.0. The monoisotopic (exact) mass is 689 g/mol. The zero-order valence-corrected chi connectivity index (χ0v) is 24.9. The van der Waals surface area contributed by atoms with Crippen molar-refractivity contribution >= 4 is 34.6 Å². The van der Waals surface area contributed by atoms with Crippen LogP contribution >= 0.6 is 0 Å². The molecule has 0 aliphatic heterocycles. The number of hydrogen-bond donors (Lipinski definition) is 3. The summed E-state index contributed by atoms with van der Waals surface area (Å²) >= 11 is 0. The van der Waals surface area contributed by atoms with Crippen molar-refractivity contribution < 1.29 is 54.0 Å². The summed E-state index contributed by atoms with van der Waals surface area (Å²) < 4.78 is 118. The molecule has 258 valence electrons. The van der Waals surface area contributed by atoms with Crippen LogP contribution in [0.3, 0.4) is 0 Å². The third-order valence-electron chi connectivity index (χ3n) is 7.68. The van der Waals surface area contributed by atoms with Crippen molar-refractivity contribution in [3.8, 4) is 5.88 Å². The molecule has 4 aromatic rings. The van der Waals surface area contributed by atoms with Crippen LogP contribution in [0, 0.1) is 5.92 Å². The topological polar surface area (TPSA) is 136 Å². The molecule has 48 heavy (non-hydrogen) atoms. The number of benzene rings is 1. The molecule has 11 nitrogen and oxygen atoms in total. The second kappa shape index (κ2) is 13.6. The molecule has 1 aliphatic rings. The van der Waals surface area contributed by atoms with E-state index in [1.54, 1.807) is 0 Å². The summed E-state index contributed by atoms with van der Waals surface area (Å²) in [7, 11) is 1.37. The highest BCUT2D eigenvalue weighted by Crippen LogP contribution is 2.39. The Balaban J connectivity index is 1.42. The van der Waals surface area contributed by atoms with Crippen LogP contribution in [0.25, 0.3) is 11.2 Å². The molecule has 3 aromatic heterocycles. The number of anilines is 2. The fourth-order valence-corrected chi connectivity index (χ4v) is 5.22. The number of nitrogens with one attached hydrogen (secondary N) is 3. The number of nitrogens with zero attached hydrogens (tertiary/aromatic N) is 4. The number of amides is 2. The summed E-state index contributed by atoms with van der Waals surface area (Å²) in [5.74, 6) is -3.82. The molecule has 0 atom stereocenters. The van der Waals surface area contributed by atoms with Gasteiger partial charge in [-0.3, -0.25) is 14.2 Å². The van der Waals surface area contributed by atoms with E-state index in [0.717, 1.165) is 24.3 Å². The number of halogens is 8. The molecule has 3 N–H and O–H groups in total. The molecule has 0 saturated heterocycles. The van der Waals surface area contributed by atoms with Crippen molar-refractivity contribution in [3.63, 3.8) is 0 Å². The Hall–Kier alpha value is -4.97. The van der Waals surface area contributed by atoms with Gasteiger partial charge in [-0.05, 0) is 49.4 Å². The van der Waals surface area contributed by atoms with Crippen LogP contribution in [-0.2, 0) is 19.8 Å². The second-order valence-electron chi connectivity index (χ2n) is 11.0. The molecule has 1 fully saturated rings. The molecule has 0 spiro atoms. The number of hydrogen-bond acceptors (Lipinski definition) is 8. The molecular weight excluding hydrogens is 662 g/mol. The number of fused-ring (bicyclic) bond motifs is 1. The van der Waals surface area contributed by atoms with E-state index in [1.165, 1.54) is 23.9 Å². The Morgan fingerprint density at radius 2 is 1.75 bits per heavy atom. The maximum absolute atomic E-state index is 14.0. The Labute approximate surface area is 266 Å². The number of ether oxygens (including phenoxy) is 1. The van der Waals surface area contributed by atoms with Gasteiger partial charge in [0.2, 0.25) is 17.6 Å². The SMILES string of the molecule is Cn1c(Nc2cc(CNC(=O)c3ccno3)ccc2C(F)(F)F)nc2cc(C(=O)NC3CCC(C(F)(F)F)CC3)c(OCC(F)F)nc21. The molecule has 3 heterocycles. The molecule has 0 unspecified atom stereocenters. The summed E-state index contributed by atoms with van der Waals surface area (Å²) in [5.41, 5.74) is -1.68. The molecule has 5 rings (SSSR count). The smallest absolute Gasteiger partial charge is 0.418 e. The quantitative estimate of drug-likeness (QED) is 0.169. The number of carbonyl (C=O) groups excluding carboxylic acids is 2. The summed E-state index contributed by atoms with van der Waals surface area (Å²) in [6, 6.07) is 4.92. The first kappa shape index (κ1) is 34.4. The summed E-state index contributed by atoms with van der Waals surface area (Å²) in [6.07, 6.45) is -11.2. The Morgan fingerprint density at radius 1 is 1.02 bits per heavy atom. The predicted molar refractivity (Wildman–Crippen MR) is 152 cm³/mol. The lowest BCUT2D eigenvalue weighted by Crippen LogP contribution is -2.40. The van der Waals surface area contributed by atoms with Gasteiger partial charge in [0.15, 0.2) is 12.3 Å². The lowest BCUT2D eigenvalue weighted by atomic mass is 9.85. The Morgan fingerprint density at radius 3 is 2.38 bits per heavy atom. The normalized spacial score (nSPS) is 17.0. The number of imidazole rings is 1. The molecule has 0 radical (unpaired) electrons. The zero-order chi connectivity index (χ0) is 34.8. The van der Waals surface area contributed by atoms with Gasteiger partial charge in [0.05, 0.1) is 23.4 Å². The van der Waals surface area contributed by atoms with Gasteiger partial charge in [-0.25, -0.2) is 13.8 Å². The Kier molecular flexibility index (Phi) is 9.76. The van der Waals surface area contributed by atoms with Gasteiger partial charge >= 0.3 is 12.4 Å². The predicted octanol–water partition coefficient (Wildman–Crippen LogP) is 6.14. The maximum Gasteiger partial charge on any atom is 0.418 e. The number of pyridine rings is 1.